The summed E-state index contributed by atoms with van der Waals surface area (Å²) in [7, 11) is 0. The van der Waals surface area contributed by atoms with E-state index < -0.39 is 4.92 Å². The van der Waals surface area contributed by atoms with Crippen molar-refractivity contribution in [3.8, 4) is 0 Å². The van der Waals surface area contributed by atoms with Gasteiger partial charge in [-0.1, -0.05) is 19.9 Å². The summed E-state index contributed by atoms with van der Waals surface area (Å²) in [5.74, 6) is 0.789. The summed E-state index contributed by atoms with van der Waals surface area (Å²) in [5.41, 5.74) is 1.17. The molecule has 0 spiro atoms. The van der Waals surface area contributed by atoms with Crippen LogP contribution < -0.4 is 5.32 Å². The topological polar surface area (TPSA) is 90.1 Å². The number of nitrogens with zero attached hydrogens (tertiary/aromatic N) is 3. The van der Waals surface area contributed by atoms with E-state index in [2.05, 4.69) is 10.3 Å². The number of anilines is 1. The summed E-state index contributed by atoms with van der Waals surface area (Å²) in [6.07, 6.45) is 3.40. The van der Waals surface area contributed by atoms with Crippen molar-refractivity contribution in [2.24, 2.45) is 0 Å². The highest BCUT2D eigenvalue weighted by molar-refractivity contribution is 5.91. The molecule has 1 amide bonds. The molecule has 7 nitrogen and oxygen atoms in total. The van der Waals surface area contributed by atoms with Gasteiger partial charge in [-0.3, -0.25) is 14.9 Å². The van der Waals surface area contributed by atoms with Crippen LogP contribution in [0.2, 0.25) is 0 Å². The molecule has 1 aromatic carbocycles. The number of nitrogens with one attached hydrogen (secondary N) is 1. The lowest BCUT2D eigenvalue weighted by Gasteiger charge is -2.12. The van der Waals surface area contributed by atoms with Gasteiger partial charge in [-0.25, -0.2) is 4.98 Å². The molecule has 0 aliphatic carbocycles. The highest BCUT2D eigenvalue weighted by Crippen LogP contribution is 2.22. The van der Waals surface area contributed by atoms with Crippen molar-refractivity contribution in [2.45, 2.75) is 33.2 Å². The number of nitro groups is 1. The third-order valence-corrected chi connectivity index (χ3v) is 3.28. The minimum absolute atomic E-state index is 0.0496. The van der Waals surface area contributed by atoms with Crippen LogP contribution in [0.15, 0.2) is 30.6 Å². The zero-order valence-electron chi connectivity index (χ0n) is 12.7. The number of carbonyl (C=O) groups excluding carboxylic acids is 1. The van der Waals surface area contributed by atoms with Crippen molar-refractivity contribution in [1.82, 2.24) is 9.55 Å². The van der Waals surface area contributed by atoms with Gasteiger partial charge >= 0.3 is 0 Å². The largest absolute Gasteiger partial charge is 0.325 e. The molecule has 0 bridgehead atoms. The van der Waals surface area contributed by atoms with Gasteiger partial charge in [0, 0.05) is 30.4 Å². The van der Waals surface area contributed by atoms with E-state index in [1.807, 2.05) is 13.8 Å². The first-order valence-electron chi connectivity index (χ1n) is 6.94. The van der Waals surface area contributed by atoms with Crippen LogP contribution in [0.3, 0.4) is 0 Å². The van der Waals surface area contributed by atoms with Gasteiger partial charge in [0.15, 0.2) is 0 Å². The van der Waals surface area contributed by atoms with Gasteiger partial charge in [0.1, 0.15) is 12.4 Å². The number of rotatable bonds is 5. The average molecular weight is 302 g/mol. The quantitative estimate of drug-likeness (QED) is 0.679. The van der Waals surface area contributed by atoms with E-state index in [4.69, 9.17) is 0 Å². The summed E-state index contributed by atoms with van der Waals surface area (Å²) in [6, 6.07) is 4.40. The van der Waals surface area contributed by atoms with E-state index in [-0.39, 0.29) is 24.1 Å². The van der Waals surface area contributed by atoms with Crippen molar-refractivity contribution < 1.29 is 9.72 Å². The molecule has 1 heterocycles. The van der Waals surface area contributed by atoms with Crippen molar-refractivity contribution in [3.05, 3.63) is 52.1 Å². The van der Waals surface area contributed by atoms with Crippen LogP contribution >= 0.6 is 0 Å². The fraction of sp³-hybridized carbons (Fsp3) is 0.333. The van der Waals surface area contributed by atoms with E-state index in [1.165, 1.54) is 12.1 Å². The third-order valence-electron chi connectivity index (χ3n) is 3.28. The van der Waals surface area contributed by atoms with Crippen LogP contribution in [0.4, 0.5) is 11.4 Å². The van der Waals surface area contributed by atoms with Gasteiger partial charge in [0.2, 0.25) is 5.91 Å². The monoisotopic (exact) mass is 302 g/mol. The predicted molar refractivity (Wildman–Crippen MR) is 82.8 cm³/mol. The van der Waals surface area contributed by atoms with Crippen LogP contribution in [0, 0.1) is 17.0 Å². The summed E-state index contributed by atoms with van der Waals surface area (Å²) in [4.78, 5) is 26.7. The minimum Gasteiger partial charge on any atom is -0.325 e. The second-order valence-electron chi connectivity index (χ2n) is 5.37. The molecule has 0 aliphatic heterocycles. The number of non-ortho nitro benzene ring substituents is 1. The first-order chi connectivity index (χ1) is 10.4. The Morgan fingerprint density at radius 2 is 2.18 bits per heavy atom. The number of aryl methyl sites for hydroxylation is 1. The zero-order chi connectivity index (χ0) is 16.3. The molecular formula is C15H18N4O3. The third kappa shape index (κ3) is 3.49. The molecule has 2 rings (SSSR count). The highest BCUT2D eigenvalue weighted by atomic mass is 16.6. The van der Waals surface area contributed by atoms with E-state index >= 15 is 0 Å². The Bertz CT molecular complexity index is 707. The SMILES string of the molecule is Cc1ccc([N+](=O)[O-])cc1NC(=O)Cn1ccnc1C(C)C. The molecule has 1 N–H and O–H groups in total. The number of nitro benzene ring substituents is 1. The van der Waals surface area contributed by atoms with Gasteiger partial charge in [0.05, 0.1) is 10.6 Å². The number of hydrogen-bond acceptors (Lipinski definition) is 4. The first-order valence-corrected chi connectivity index (χ1v) is 6.94. The van der Waals surface area contributed by atoms with E-state index in [0.717, 1.165) is 11.4 Å². The molecule has 0 saturated heterocycles. The molecule has 7 heteroatoms. The molecule has 22 heavy (non-hydrogen) atoms. The summed E-state index contributed by atoms with van der Waals surface area (Å²) >= 11 is 0. The first kappa shape index (κ1) is 15.7. The Hall–Kier alpha value is -2.70. The van der Waals surface area contributed by atoms with Crippen molar-refractivity contribution in [2.75, 3.05) is 5.32 Å². The van der Waals surface area contributed by atoms with Gasteiger partial charge in [0.25, 0.3) is 5.69 Å². The number of carbonyl (C=O) groups is 1. The van der Waals surface area contributed by atoms with Crippen molar-refractivity contribution >= 4 is 17.3 Å². The van der Waals surface area contributed by atoms with E-state index in [1.54, 1.807) is 30.0 Å². The Labute approximate surface area is 128 Å². The lowest BCUT2D eigenvalue weighted by atomic mass is 10.2. The maximum absolute atomic E-state index is 12.2. The molecule has 0 aliphatic rings. The maximum Gasteiger partial charge on any atom is 0.271 e. The Balaban J connectivity index is 2.14. The number of aromatic nitrogens is 2. The molecule has 1 aromatic heterocycles. The Morgan fingerprint density at radius 1 is 1.45 bits per heavy atom. The van der Waals surface area contributed by atoms with Gasteiger partial charge in [-0.2, -0.15) is 0 Å². The molecule has 2 aromatic rings. The molecule has 0 saturated carbocycles. The predicted octanol–water partition coefficient (Wildman–Crippen LogP) is 2.86. The van der Waals surface area contributed by atoms with Gasteiger partial charge < -0.3 is 9.88 Å². The van der Waals surface area contributed by atoms with Crippen molar-refractivity contribution in [1.29, 1.82) is 0 Å². The lowest BCUT2D eigenvalue weighted by molar-refractivity contribution is -0.384. The molecule has 116 valence electrons. The fourth-order valence-corrected chi connectivity index (χ4v) is 2.16. The normalized spacial score (nSPS) is 10.7. The number of hydrogen-bond donors (Lipinski definition) is 1. The molecule has 0 atom stereocenters. The Morgan fingerprint density at radius 3 is 2.82 bits per heavy atom. The molecular weight excluding hydrogens is 284 g/mol. The van der Waals surface area contributed by atoms with Crippen LogP contribution in [-0.2, 0) is 11.3 Å². The van der Waals surface area contributed by atoms with E-state index in [9.17, 15) is 14.9 Å². The summed E-state index contributed by atoms with van der Waals surface area (Å²) in [6.45, 7) is 5.91. The minimum atomic E-state index is -0.484. The highest BCUT2D eigenvalue weighted by Gasteiger charge is 2.13. The Kier molecular flexibility index (Phi) is 4.55. The van der Waals surface area contributed by atoms with Crippen LogP contribution in [0.1, 0.15) is 31.2 Å². The number of imidazole rings is 1. The van der Waals surface area contributed by atoms with Crippen LogP contribution in [0.25, 0.3) is 0 Å². The smallest absolute Gasteiger partial charge is 0.271 e. The van der Waals surface area contributed by atoms with Gasteiger partial charge in [-0.05, 0) is 12.5 Å². The number of amides is 1. The van der Waals surface area contributed by atoms with E-state index in [0.29, 0.717) is 5.69 Å². The number of benzene rings is 1. The molecule has 0 fully saturated rings. The van der Waals surface area contributed by atoms with Gasteiger partial charge in [-0.15, -0.1) is 0 Å². The molecule has 0 unspecified atom stereocenters. The second-order valence-corrected chi connectivity index (χ2v) is 5.37. The lowest BCUT2D eigenvalue weighted by Crippen LogP contribution is -2.20. The fourth-order valence-electron chi connectivity index (χ4n) is 2.16. The maximum atomic E-state index is 12.2. The average Bonchev–Trinajstić information content (AvgIpc) is 2.89. The standard InChI is InChI=1S/C15H18N4O3/c1-10(2)15-16-6-7-18(15)9-14(20)17-13-8-12(19(21)22)5-4-11(13)3/h4-8,10H,9H2,1-3H3,(H,17,20). The molecule has 0 radical (unpaired) electrons. The van der Waals surface area contributed by atoms with Crippen LogP contribution in [-0.4, -0.2) is 20.4 Å². The summed E-state index contributed by atoms with van der Waals surface area (Å²) < 4.78 is 1.77. The van der Waals surface area contributed by atoms with Crippen LogP contribution in [0.5, 0.6) is 0 Å². The second kappa shape index (κ2) is 6.38. The zero-order valence-corrected chi connectivity index (χ0v) is 12.7. The van der Waals surface area contributed by atoms with Crippen molar-refractivity contribution in [3.63, 3.8) is 0 Å². The summed E-state index contributed by atoms with van der Waals surface area (Å²) in [5, 5.41) is 13.5.